The number of carbonyl (C=O) groups excluding carboxylic acids is 1. The highest BCUT2D eigenvalue weighted by atomic mass is 16.5. The van der Waals surface area contributed by atoms with Crippen molar-refractivity contribution in [1.82, 2.24) is 4.57 Å². The van der Waals surface area contributed by atoms with Gasteiger partial charge in [0.05, 0.1) is 30.8 Å². The van der Waals surface area contributed by atoms with E-state index in [-0.39, 0.29) is 12.6 Å². The molecule has 0 amide bonds. The van der Waals surface area contributed by atoms with Crippen LogP contribution in [0.5, 0.6) is 5.75 Å². The number of aryl methyl sites for hydroxylation is 1. The van der Waals surface area contributed by atoms with E-state index in [1.807, 2.05) is 44.2 Å². The zero-order valence-corrected chi connectivity index (χ0v) is 19.8. The van der Waals surface area contributed by atoms with Crippen LogP contribution in [-0.2, 0) is 4.74 Å². The van der Waals surface area contributed by atoms with Gasteiger partial charge in [0, 0.05) is 16.8 Å². The second-order valence-corrected chi connectivity index (χ2v) is 8.16. The largest absolute Gasteiger partial charge is 0.491 e. The van der Waals surface area contributed by atoms with E-state index in [1.165, 1.54) is 10.5 Å². The molecule has 2 aromatic carbocycles. The van der Waals surface area contributed by atoms with Gasteiger partial charge >= 0.3 is 5.97 Å². The first kappa shape index (κ1) is 23.8. The first-order valence-electron chi connectivity index (χ1n) is 11.4. The Hall–Kier alpha value is -2.83. The second kappa shape index (κ2) is 10.7. The van der Waals surface area contributed by atoms with E-state index in [9.17, 15) is 9.90 Å². The average molecular weight is 440 g/mol. The van der Waals surface area contributed by atoms with Gasteiger partial charge in [0.15, 0.2) is 0 Å². The maximum absolute atomic E-state index is 12.8. The highest BCUT2D eigenvalue weighted by Crippen LogP contribution is 2.32. The van der Waals surface area contributed by atoms with Crippen LogP contribution in [-0.4, -0.2) is 54.6 Å². The molecule has 32 heavy (non-hydrogen) atoms. The molecule has 0 radical (unpaired) electrons. The van der Waals surface area contributed by atoms with E-state index in [4.69, 9.17) is 9.47 Å². The molecule has 0 saturated heterocycles. The van der Waals surface area contributed by atoms with Gasteiger partial charge in [0.1, 0.15) is 25.0 Å². The Morgan fingerprint density at radius 2 is 1.75 bits per heavy atom. The number of benzene rings is 2. The monoisotopic (exact) mass is 439 g/mol. The average Bonchev–Trinajstić information content (AvgIpc) is 3.07. The molecule has 0 fully saturated rings. The topological polar surface area (TPSA) is 65.1 Å². The summed E-state index contributed by atoms with van der Waals surface area (Å²) in [4.78, 5) is 14.1. The van der Waals surface area contributed by atoms with Gasteiger partial charge in [0.25, 0.3) is 0 Å². The number of quaternary nitrogens is 1. The van der Waals surface area contributed by atoms with Gasteiger partial charge < -0.3 is 24.0 Å². The molecule has 1 aromatic heterocycles. The van der Waals surface area contributed by atoms with Crippen molar-refractivity contribution in [2.75, 3.05) is 32.8 Å². The van der Waals surface area contributed by atoms with E-state index in [0.29, 0.717) is 24.5 Å². The van der Waals surface area contributed by atoms with Crippen LogP contribution in [0.3, 0.4) is 0 Å². The zero-order chi connectivity index (χ0) is 23.3. The van der Waals surface area contributed by atoms with Crippen LogP contribution >= 0.6 is 0 Å². The van der Waals surface area contributed by atoms with E-state index >= 15 is 0 Å². The number of rotatable bonds is 10. The van der Waals surface area contributed by atoms with Crippen LogP contribution < -0.4 is 9.64 Å². The fourth-order valence-corrected chi connectivity index (χ4v) is 4.10. The molecule has 172 valence electrons. The van der Waals surface area contributed by atoms with Crippen LogP contribution in [0, 0.1) is 13.8 Å². The lowest BCUT2D eigenvalue weighted by Crippen LogP contribution is -3.12. The molecule has 6 heteroatoms. The summed E-state index contributed by atoms with van der Waals surface area (Å²) < 4.78 is 13.3. The van der Waals surface area contributed by atoms with Crippen molar-refractivity contribution in [3.63, 3.8) is 0 Å². The third-order valence-corrected chi connectivity index (χ3v) is 5.91. The van der Waals surface area contributed by atoms with E-state index in [1.54, 1.807) is 6.92 Å². The minimum absolute atomic E-state index is 0.210. The van der Waals surface area contributed by atoms with Gasteiger partial charge in [-0.25, -0.2) is 4.79 Å². The van der Waals surface area contributed by atoms with Crippen molar-refractivity contribution in [3.8, 4) is 11.4 Å². The molecular formula is C26H35N2O4+. The van der Waals surface area contributed by atoms with Crippen LogP contribution in [0.2, 0.25) is 0 Å². The summed E-state index contributed by atoms with van der Waals surface area (Å²) >= 11 is 0. The van der Waals surface area contributed by atoms with Crippen LogP contribution in [0.15, 0.2) is 42.5 Å². The number of aliphatic hydroxyl groups is 1. The fraction of sp³-hybridized carbons (Fsp3) is 0.423. The third-order valence-electron chi connectivity index (χ3n) is 5.91. The van der Waals surface area contributed by atoms with Crippen LogP contribution in [0.4, 0.5) is 0 Å². The Labute approximate surface area is 190 Å². The molecule has 6 nitrogen and oxygen atoms in total. The number of nitrogens with zero attached hydrogens (tertiary/aromatic N) is 1. The maximum Gasteiger partial charge on any atom is 0.340 e. The van der Waals surface area contributed by atoms with Crippen molar-refractivity contribution in [3.05, 3.63) is 59.3 Å². The van der Waals surface area contributed by atoms with Crippen LogP contribution in [0.25, 0.3) is 16.6 Å². The van der Waals surface area contributed by atoms with Crippen molar-refractivity contribution in [2.24, 2.45) is 0 Å². The smallest absolute Gasteiger partial charge is 0.340 e. The molecule has 1 heterocycles. The minimum atomic E-state index is -0.552. The summed E-state index contributed by atoms with van der Waals surface area (Å²) in [6.45, 7) is 13.1. The van der Waals surface area contributed by atoms with E-state index in [2.05, 4.69) is 30.5 Å². The van der Waals surface area contributed by atoms with Gasteiger partial charge in [-0.3, -0.25) is 0 Å². The first-order valence-corrected chi connectivity index (χ1v) is 11.4. The summed E-state index contributed by atoms with van der Waals surface area (Å²) in [5.41, 5.74) is 4.44. The predicted molar refractivity (Wildman–Crippen MR) is 127 cm³/mol. The van der Waals surface area contributed by atoms with E-state index in [0.717, 1.165) is 35.4 Å². The Morgan fingerprint density at radius 3 is 2.38 bits per heavy atom. The van der Waals surface area contributed by atoms with Crippen molar-refractivity contribution >= 4 is 16.9 Å². The van der Waals surface area contributed by atoms with Gasteiger partial charge in [0.2, 0.25) is 0 Å². The van der Waals surface area contributed by atoms with E-state index < -0.39 is 6.10 Å². The number of carbonyl (C=O) groups is 1. The molecule has 2 N–H and O–H groups in total. The fourth-order valence-electron chi connectivity index (χ4n) is 4.10. The number of likely N-dealkylation sites (N-methyl/N-ethyl adjacent to an activating group) is 1. The Balaban J connectivity index is 1.97. The standard InChI is InChI=1S/C26H34N2O4/c1-6-27(7-2)16-21(29)17-32-22-13-14-24-23(15-22)25(26(30)31-8-3)19(5)28(24)20-11-9-18(4)10-12-20/h9-15,21,29H,6-8,16-17H2,1-5H3/p+1. The number of aromatic nitrogens is 1. The van der Waals surface area contributed by atoms with Gasteiger partial charge in [-0.1, -0.05) is 17.7 Å². The molecule has 0 aliphatic carbocycles. The summed E-state index contributed by atoms with van der Waals surface area (Å²) in [6.07, 6.45) is -0.552. The first-order chi connectivity index (χ1) is 15.4. The van der Waals surface area contributed by atoms with Crippen molar-refractivity contribution < 1.29 is 24.3 Å². The number of fused-ring (bicyclic) bond motifs is 1. The highest BCUT2D eigenvalue weighted by Gasteiger charge is 2.23. The Bertz CT molecular complexity index is 1050. The van der Waals surface area contributed by atoms with Crippen molar-refractivity contribution in [2.45, 2.75) is 40.7 Å². The minimum Gasteiger partial charge on any atom is -0.491 e. The SMILES string of the molecule is CCOC(=O)c1c(C)n(-c2ccc(C)cc2)c2ccc(OCC(O)C[NH+](CC)CC)cc12. The lowest BCUT2D eigenvalue weighted by atomic mass is 10.1. The van der Waals surface area contributed by atoms with Crippen molar-refractivity contribution in [1.29, 1.82) is 0 Å². The lowest BCUT2D eigenvalue weighted by Gasteiger charge is -2.19. The summed E-state index contributed by atoms with van der Waals surface area (Å²) in [5, 5.41) is 11.1. The Morgan fingerprint density at radius 1 is 1.06 bits per heavy atom. The second-order valence-electron chi connectivity index (χ2n) is 8.16. The predicted octanol–water partition coefficient (Wildman–Crippen LogP) is 3.09. The lowest BCUT2D eigenvalue weighted by molar-refractivity contribution is -0.899. The van der Waals surface area contributed by atoms with Crippen LogP contribution in [0.1, 0.15) is 42.4 Å². The summed E-state index contributed by atoms with van der Waals surface area (Å²) in [6, 6.07) is 13.9. The molecule has 3 aromatic rings. The highest BCUT2D eigenvalue weighted by molar-refractivity contribution is 6.07. The number of ether oxygens (including phenoxy) is 2. The molecule has 3 rings (SSSR count). The normalized spacial score (nSPS) is 12.3. The molecule has 0 aliphatic rings. The molecule has 0 aliphatic heterocycles. The van der Waals surface area contributed by atoms with Gasteiger partial charge in [-0.2, -0.15) is 0 Å². The molecular weight excluding hydrogens is 404 g/mol. The molecule has 1 unspecified atom stereocenters. The number of hydrogen-bond donors (Lipinski definition) is 2. The summed E-state index contributed by atoms with van der Waals surface area (Å²) in [5.74, 6) is 0.279. The quantitative estimate of drug-likeness (QED) is 0.477. The Kier molecular flexibility index (Phi) is 7.94. The van der Waals surface area contributed by atoms with Gasteiger partial charge in [-0.05, 0) is 65.0 Å². The third kappa shape index (κ3) is 5.14. The molecule has 0 spiro atoms. The molecule has 0 bridgehead atoms. The molecule has 0 saturated carbocycles. The zero-order valence-electron chi connectivity index (χ0n) is 19.8. The number of aliphatic hydroxyl groups excluding tert-OH is 1. The maximum atomic E-state index is 12.8. The van der Waals surface area contributed by atoms with Gasteiger partial charge in [-0.15, -0.1) is 0 Å². The number of hydrogen-bond acceptors (Lipinski definition) is 4. The number of nitrogens with one attached hydrogen (secondary N) is 1. The number of esters is 1. The summed E-state index contributed by atoms with van der Waals surface area (Å²) in [7, 11) is 0. The molecule has 1 atom stereocenters.